The van der Waals surface area contributed by atoms with Crippen molar-refractivity contribution in [1.29, 1.82) is 0 Å². The summed E-state index contributed by atoms with van der Waals surface area (Å²) in [6.45, 7) is 3.03. The van der Waals surface area contributed by atoms with E-state index in [1.54, 1.807) is 18.3 Å². The summed E-state index contributed by atoms with van der Waals surface area (Å²) >= 11 is 0. The third kappa shape index (κ3) is 3.35. The van der Waals surface area contributed by atoms with E-state index in [-0.39, 0.29) is 5.69 Å². The number of rotatable bonds is 6. The zero-order valence-electron chi connectivity index (χ0n) is 11.5. The third-order valence-corrected chi connectivity index (χ3v) is 3.08. The summed E-state index contributed by atoms with van der Waals surface area (Å²) in [6.07, 6.45) is 3.78. The van der Waals surface area contributed by atoms with Gasteiger partial charge in [0.1, 0.15) is 5.69 Å². The summed E-state index contributed by atoms with van der Waals surface area (Å²) in [7, 11) is 0. The van der Waals surface area contributed by atoms with Crippen molar-refractivity contribution in [3.63, 3.8) is 0 Å². The highest BCUT2D eigenvalue weighted by molar-refractivity contribution is 5.85. The van der Waals surface area contributed by atoms with E-state index in [1.807, 2.05) is 30.3 Å². The molecular weight excluding hydrogens is 252 g/mol. The lowest BCUT2D eigenvalue weighted by Gasteiger charge is -2.24. The minimum Gasteiger partial charge on any atom is -0.477 e. The van der Waals surface area contributed by atoms with Crippen molar-refractivity contribution in [3.05, 3.63) is 54.4 Å². The van der Waals surface area contributed by atoms with Gasteiger partial charge in [0, 0.05) is 12.2 Å². The van der Waals surface area contributed by atoms with Crippen molar-refractivity contribution in [2.24, 2.45) is 0 Å². The molecule has 0 atom stereocenters. The van der Waals surface area contributed by atoms with Crippen LogP contribution >= 0.6 is 0 Å². The highest BCUT2D eigenvalue weighted by atomic mass is 16.4. The Labute approximate surface area is 118 Å². The van der Waals surface area contributed by atoms with Crippen LogP contribution in [0.3, 0.4) is 0 Å². The number of pyridine rings is 1. The lowest BCUT2D eigenvalue weighted by Crippen LogP contribution is -2.18. The van der Waals surface area contributed by atoms with Gasteiger partial charge in [-0.1, -0.05) is 31.5 Å². The van der Waals surface area contributed by atoms with Crippen LogP contribution in [0.1, 0.15) is 30.3 Å². The largest absolute Gasteiger partial charge is 0.477 e. The smallest absolute Gasteiger partial charge is 0.354 e. The fourth-order valence-corrected chi connectivity index (χ4v) is 2.00. The number of carboxylic acid groups (broad SMARTS) is 1. The summed E-state index contributed by atoms with van der Waals surface area (Å²) < 4.78 is 0. The average Bonchev–Trinajstić information content (AvgIpc) is 2.49. The van der Waals surface area contributed by atoms with Crippen LogP contribution in [-0.4, -0.2) is 22.6 Å². The van der Waals surface area contributed by atoms with Gasteiger partial charge in [-0.15, -0.1) is 0 Å². The van der Waals surface area contributed by atoms with Gasteiger partial charge in [0.2, 0.25) is 0 Å². The number of anilines is 2. The minimum atomic E-state index is -1.00. The molecule has 2 aromatic rings. The van der Waals surface area contributed by atoms with Gasteiger partial charge in [-0.25, -0.2) is 9.78 Å². The van der Waals surface area contributed by atoms with Crippen LogP contribution in [0, 0.1) is 0 Å². The van der Waals surface area contributed by atoms with E-state index in [4.69, 9.17) is 5.11 Å². The number of hydrogen-bond acceptors (Lipinski definition) is 3. The number of unbranched alkanes of at least 4 members (excludes halogenated alkanes) is 1. The molecule has 0 amide bonds. The number of nitrogens with zero attached hydrogens (tertiary/aromatic N) is 2. The lowest BCUT2D eigenvalue weighted by atomic mass is 10.2. The molecule has 1 heterocycles. The van der Waals surface area contributed by atoms with Crippen LogP contribution in [0.5, 0.6) is 0 Å². The van der Waals surface area contributed by atoms with Crippen LogP contribution < -0.4 is 4.90 Å². The number of carbonyl (C=O) groups is 1. The summed E-state index contributed by atoms with van der Waals surface area (Å²) in [5.74, 6) is -1.00. The monoisotopic (exact) mass is 270 g/mol. The maximum absolute atomic E-state index is 10.8. The Morgan fingerprint density at radius 3 is 2.45 bits per heavy atom. The van der Waals surface area contributed by atoms with E-state index >= 15 is 0 Å². The first-order chi connectivity index (χ1) is 9.72. The molecule has 0 saturated carbocycles. The number of benzene rings is 1. The Hall–Kier alpha value is -2.36. The second kappa shape index (κ2) is 6.70. The van der Waals surface area contributed by atoms with Gasteiger partial charge in [0.05, 0.1) is 11.9 Å². The molecule has 1 aromatic carbocycles. The third-order valence-electron chi connectivity index (χ3n) is 3.08. The van der Waals surface area contributed by atoms with Crippen molar-refractivity contribution in [2.45, 2.75) is 19.8 Å². The van der Waals surface area contributed by atoms with Gasteiger partial charge in [-0.2, -0.15) is 0 Å². The van der Waals surface area contributed by atoms with E-state index in [0.717, 1.165) is 30.8 Å². The zero-order valence-corrected chi connectivity index (χ0v) is 11.5. The van der Waals surface area contributed by atoms with Crippen molar-refractivity contribution in [1.82, 2.24) is 4.98 Å². The first kappa shape index (κ1) is 14.1. The fourth-order valence-electron chi connectivity index (χ4n) is 2.00. The molecule has 0 unspecified atom stereocenters. The molecular formula is C16H18N2O2. The number of aromatic nitrogens is 1. The molecule has 1 aromatic heterocycles. The molecule has 0 bridgehead atoms. The van der Waals surface area contributed by atoms with E-state index in [0.29, 0.717) is 0 Å². The maximum Gasteiger partial charge on any atom is 0.354 e. The Morgan fingerprint density at radius 1 is 1.15 bits per heavy atom. The number of aromatic carboxylic acids is 1. The highest BCUT2D eigenvalue weighted by Gasteiger charge is 2.10. The predicted octanol–water partition coefficient (Wildman–Crippen LogP) is 3.72. The molecule has 0 aliphatic carbocycles. The molecule has 0 saturated heterocycles. The van der Waals surface area contributed by atoms with Crippen LogP contribution in [0.2, 0.25) is 0 Å². The highest BCUT2D eigenvalue weighted by Crippen LogP contribution is 2.25. The normalized spacial score (nSPS) is 10.2. The Kier molecular flexibility index (Phi) is 4.71. The van der Waals surface area contributed by atoms with Crippen molar-refractivity contribution >= 4 is 17.3 Å². The number of hydrogen-bond donors (Lipinski definition) is 1. The number of para-hydroxylation sites is 1. The van der Waals surface area contributed by atoms with Crippen LogP contribution in [0.15, 0.2) is 48.7 Å². The molecule has 0 fully saturated rings. The van der Waals surface area contributed by atoms with Crippen LogP contribution in [-0.2, 0) is 0 Å². The van der Waals surface area contributed by atoms with Crippen LogP contribution in [0.4, 0.5) is 11.4 Å². The first-order valence-corrected chi connectivity index (χ1v) is 6.74. The molecule has 0 aliphatic heterocycles. The average molecular weight is 270 g/mol. The molecule has 1 N–H and O–H groups in total. The van der Waals surface area contributed by atoms with Gasteiger partial charge in [-0.3, -0.25) is 0 Å². The second-order valence-corrected chi connectivity index (χ2v) is 4.55. The molecule has 0 spiro atoms. The molecule has 104 valence electrons. The quantitative estimate of drug-likeness (QED) is 0.869. The minimum absolute atomic E-state index is 0.0669. The summed E-state index contributed by atoms with van der Waals surface area (Å²) in [6, 6.07) is 13.4. The maximum atomic E-state index is 10.8. The summed E-state index contributed by atoms with van der Waals surface area (Å²) in [4.78, 5) is 17.0. The van der Waals surface area contributed by atoms with Gasteiger partial charge < -0.3 is 10.0 Å². The van der Waals surface area contributed by atoms with E-state index < -0.39 is 5.97 Å². The molecule has 4 heteroatoms. The van der Waals surface area contributed by atoms with Gasteiger partial charge in [0.25, 0.3) is 0 Å². The van der Waals surface area contributed by atoms with E-state index in [1.165, 1.54) is 0 Å². The molecule has 2 rings (SSSR count). The summed E-state index contributed by atoms with van der Waals surface area (Å²) in [5, 5.41) is 8.90. The lowest BCUT2D eigenvalue weighted by molar-refractivity contribution is 0.0690. The van der Waals surface area contributed by atoms with Crippen molar-refractivity contribution < 1.29 is 9.90 Å². The van der Waals surface area contributed by atoms with E-state index in [2.05, 4.69) is 16.8 Å². The predicted molar refractivity (Wildman–Crippen MR) is 79.6 cm³/mol. The SMILES string of the molecule is CCCCN(c1ccccc1)c1ccc(C(=O)O)nc1. The molecule has 4 nitrogen and oxygen atoms in total. The second-order valence-electron chi connectivity index (χ2n) is 4.55. The Bertz CT molecular complexity index is 552. The topological polar surface area (TPSA) is 53.4 Å². The summed E-state index contributed by atoms with van der Waals surface area (Å²) in [5.41, 5.74) is 2.07. The first-order valence-electron chi connectivity index (χ1n) is 6.74. The van der Waals surface area contributed by atoms with Crippen molar-refractivity contribution in [3.8, 4) is 0 Å². The number of carboxylic acids is 1. The zero-order chi connectivity index (χ0) is 14.4. The Morgan fingerprint density at radius 2 is 1.90 bits per heavy atom. The molecule has 0 radical (unpaired) electrons. The fraction of sp³-hybridized carbons (Fsp3) is 0.250. The van der Waals surface area contributed by atoms with Gasteiger partial charge in [0.15, 0.2) is 0 Å². The standard InChI is InChI=1S/C16H18N2O2/c1-2-3-11-18(13-7-5-4-6-8-13)14-9-10-15(16(19)20)17-12-14/h4-10,12H,2-3,11H2,1H3,(H,19,20). The molecule has 0 aliphatic rings. The van der Waals surface area contributed by atoms with Gasteiger partial charge in [-0.05, 0) is 30.7 Å². The van der Waals surface area contributed by atoms with Crippen molar-refractivity contribution in [2.75, 3.05) is 11.4 Å². The molecule has 20 heavy (non-hydrogen) atoms. The van der Waals surface area contributed by atoms with E-state index in [9.17, 15) is 4.79 Å². The van der Waals surface area contributed by atoms with Gasteiger partial charge >= 0.3 is 5.97 Å². The Balaban J connectivity index is 2.28. The van der Waals surface area contributed by atoms with Crippen LogP contribution in [0.25, 0.3) is 0 Å².